The second kappa shape index (κ2) is 6.32. The largest absolute Gasteiger partial charge is 0.359 e. The zero-order chi connectivity index (χ0) is 15.5. The van der Waals surface area contributed by atoms with Crippen molar-refractivity contribution >= 4 is 11.6 Å². The Kier molecular flexibility index (Phi) is 4.24. The third kappa shape index (κ3) is 3.36. The highest BCUT2D eigenvalue weighted by atomic mass is 16.5. The molecule has 116 valence electrons. The van der Waals surface area contributed by atoms with Crippen molar-refractivity contribution in [2.45, 2.75) is 33.2 Å². The first-order valence-corrected chi connectivity index (χ1v) is 7.68. The molecule has 1 aromatic carbocycles. The summed E-state index contributed by atoms with van der Waals surface area (Å²) in [6, 6.07) is 7.71. The first-order valence-electron chi connectivity index (χ1n) is 7.68. The van der Waals surface area contributed by atoms with Crippen molar-refractivity contribution in [2.75, 3.05) is 18.4 Å². The summed E-state index contributed by atoms with van der Waals surface area (Å²) in [5.74, 6) is 0.512. The van der Waals surface area contributed by atoms with Gasteiger partial charge in [0.25, 0.3) is 5.91 Å². The van der Waals surface area contributed by atoms with Crippen LogP contribution in [0, 0.1) is 13.8 Å². The number of hydrogen-bond donors (Lipinski definition) is 1. The Bertz CT molecular complexity index is 672. The molecule has 22 heavy (non-hydrogen) atoms. The highest BCUT2D eigenvalue weighted by molar-refractivity contribution is 6.03. The van der Waals surface area contributed by atoms with E-state index in [1.165, 1.54) is 12.8 Å². The van der Waals surface area contributed by atoms with Gasteiger partial charge in [-0.25, -0.2) is 0 Å². The molecule has 2 heterocycles. The zero-order valence-electron chi connectivity index (χ0n) is 13.1. The quantitative estimate of drug-likeness (QED) is 0.942. The zero-order valence-corrected chi connectivity index (χ0v) is 13.1. The molecule has 1 aliphatic rings. The summed E-state index contributed by atoms with van der Waals surface area (Å²) >= 11 is 0. The predicted molar refractivity (Wildman–Crippen MR) is 84.9 cm³/mol. The van der Waals surface area contributed by atoms with Crippen molar-refractivity contribution in [3.05, 3.63) is 46.8 Å². The molecule has 0 aliphatic carbocycles. The van der Waals surface area contributed by atoms with Crippen LogP contribution in [-0.2, 0) is 6.54 Å². The van der Waals surface area contributed by atoms with Gasteiger partial charge in [0, 0.05) is 11.8 Å². The molecule has 0 bridgehead atoms. The van der Waals surface area contributed by atoms with Crippen molar-refractivity contribution < 1.29 is 9.32 Å². The van der Waals surface area contributed by atoms with E-state index < -0.39 is 0 Å². The summed E-state index contributed by atoms with van der Waals surface area (Å²) in [6.45, 7) is 6.87. The molecule has 1 saturated heterocycles. The van der Waals surface area contributed by atoms with Gasteiger partial charge in [-0.05, 0) is 57.0 Å². The molecular formula is C17H21N3O2. The van der Waals surface area contributed by atoms with Crippen LogP contribution in [0.4, 0.5) is 5.69 Å². The van der Waals surface area contributed by atoms with Crippen LogP contribution in [0.15, 0.2) is 28.8 Å². The van der Waals surface area contributed by atoms with Crippen LogP contribution in [0.1, 0.15) is 40.2 Å². The third-order valence-corrected chi connectivity index (χ3v) is 4.01. The topological polar surface area (TPSA) is 58.4 Å². The lowest BCUT2D eigenvalue weighted by molar-refractivity contribution is 0.101. The van der Waals surface area contributed by atoms with Gasteiger partial charge in [0.1, 0.15) is 0 Å². The average molecular weight is 299 g/mol. The molecule has 0 saturated carbocycles. The maximum absolute atomic E-state index is 12.3. The number of hydrogen-bond acceptors (Lipinski definition) is 4. The maximum atomic E-state index is 12.3. The second-order valence-corrected chi connectivity index (χ2v) is 5.93. The van der Waals surface area contributed by atoms with E-state index in [9.17, 15) is 4.79 Å². The third-order valence-electron chi connectivity index (χ3n) is 4.01. The first kappa shape index (κ1) is 14.8. The van der Waals surface area contributed by atoms with E-state index in [-0.39, 0.29) is 5.91 Å². The first-order chi connectivity index (χ1) is 10.6. The number of benzene rings is 1. The molecule has 1 N–H and O–H groups in total. The number of carbonyl (C=O) groups is 1. The van der Waals surface area contributed by atoms with Gasteiger partial charge in [0.05, 0.1) is 6.54 Å². The number of nitrogens with one attached hydrogen (secondary N) is 1. The van der Waals surface area contributed by atoms with E-state index in [4.69, 9.17) is 4.52 Å². The maximum Gasteiger partial charge on any atom is 0.277 e. The minimum atomic E-state index is -0.231. The van der Waals surface area contributed by atoms with Crippen molar-refractivity contribution in [1.29, 1.82) is 0 Å². The molecule has 2 aromatic rings. The van der Waals surface area contributed by atoms with Crippen LogP contribution in [0.25, 0.3) is 0 Å². The summed E-state index contributed by atoms with van der Waals surface area (Å²) in [7, 11) is 0. The Labute approximate surface area is 130 Å². The summed E-state index contributed by atoms with van der Waals surface area (Å²) < 4.78 is 5.29. The standard InChI is InChI=1S/C17H21N3O2/c1-12-5-6-13(2)15(9-12)18-17(21)16-10-14(22-19-16)11-20-7-3-4-8-20/h5-6,9-10H,3-4,7-8,11H2,1-2H3,(H,18,21). The summed E-state index contributed by atoms with van der Waals surface area (Å²) in [6.07, 6.45) is 2.46. The van der Waals surface area contributed by atoms with Crippen LogP contribution >= 0.6 is 0 Å². The van der Waals surface area contributed by atoms with Gasteiger partial charge in [0.15, 0.2) is 11.5 Å². The number of likely N-dealkylation sites (tertiary alicyclic amines) is 1. The van der Waals surface area contributed by atoms with Crippen molar-refractivity contribution in [3.63, 3.8) is 0 Å². The van der Waals surface area contributed by atoms with E-state index >= 15 is 0 Å². The molecule has 1 fully saturated rings. The molecule has 0 radical (unpaired) electrons. The molecule has 0 spiro atoms. The molecule has 3 rings (SSSR count). The minimum Gasteiger partial charge on any atom is -0.359 e. The van der Waals surface area contributed by atoms with Crippen molar-refractivity contribution in [2.24, 2.45) is 0 Å². The van der Waals surface area contributed by atoms with Crippen LogP contribution in [0.5, 0.6) is 0 Å². The fourth-order valence-corrected chi connectivity index (χ4v) is 2.71. The SMILES string of the molecule is Cc1ccc(C)c(NC(=O)c2cc(CN3CCCC3)on2)c1. The summed E-state index contributed by atoms with van der Waals surface area (Å²) in [5.41, 5.74) is 3.28. The highest BCUT2D eigenvalue weighted by Crippen LogP contribution is 2.18. The average Bonchev–Trinajstić information content (AvgIpc) is 3.15. The van der Waals surface area contributed by atoms with E-state index in [2.05, 4.69) is 15.4 Å². The smallest absolute Gasteiger partial charge is 0.277 e. The van der Waals surface area contributed by atoms with Gasteiger partial charge >= 0.3 is 0 Å². The second-order valence-electron chi connectivity index (χ2n) is 5.93. The van der Waals surface area contributed by atoms with Crippen LogP contribution in [0.3, 0.4) is 0 Å². The Balaban J connectivity index is 1.67. The molecular weight excluding hydrogens is 278 g/mol. The molecule has 0 atom stereocenters. The van der Waals surface area contributed by atoms with E-state index in [0.29, 0.717) is 5.69 Å². The van der Waals surface area contributed by atoms with E-state index in [0.717, 1.165) is 42.2 Å². The van der Waals surface area contributed by atoms with Gasteiger partial charge in [-0.15, -0.1) is 0 Å². The number of nitrogens with zero attached hydrogens (tertiary/aromatic N) is 2. The summed E-state index contributed by atoms with van der Waals surface area (Å²) in [5, 5.41) is 6.79. The Morgan fingerprint density at radius 2 is 2.05 bits per heavy atom. The van der Waals surface area contributed by atoms with E-state index in [1.807, 2.05) is 32.0 Å². The molecule has 0 unspecified atom stereocenters. The lowest BCUT2D eigenvalue weighted by Crippen LogP contribution is -2.18. The molecule has 1 amide bonds. The lowest BCUT2D eigenvalue weighted by Gasteiger charge is -2.10. The van der Waals surface area contributed by atoms with Gasteiger partial charge in [-0.2, -0.15) is 0 Å². The van der Waals surface area contributed by atoms with Crippen molar-refractivity contribution in [3.8, 4) is 0 Å². The number of aryl methyl sites for hydroxylation is 2. The number of aromatic nitrogens is 1. The van der Waals surface area contributed by atoms with Crippen molar-refractivity contribution in [1.82, 2.24) is 10.1 Å². The Hall–Kier alpha value is -2.14. The Morgan fingerprint density at radius 3 is 2.82 bits per heavy atom. The molecule has 1 aromatic heterocycles. The highest BCUT2D eigenvalue weighted by Gasteiger charge is 2.17. The normalized spacial score (nSPS) is 15.2. The number of carbonyl (C=O) groups excluding carboxylic acids is 1. The monoisotopic (exact) mass is 299 g/mol. The van der Waals surface area contributed by atoms with Crippen LogP contribution < -0.4 is 5.32 Å². The van der Waals surface area contributed by atoms with Gasteiger partial charge < -0.3 is 9.84 Å². The van der Waals surface area contributed by atoms with Gasteiger partial charge in [0.2, 0.25) is 0 Å². The number of rotatable bonds is 4. The number of anilines is 1. The lowest BCUT2D eigenvalue weighted by atomic mass is 10.1. The minimum absolute atomic E-state index is 0.231. The van der Waals surface area contributed by atoms with E-state index in [1.54, 1.807) is 6.07 Å². The fourth-order valence-electron chi connectivity index (χ4n) is 2.71. The van der Waals surface area contributed by atoms with Crippen LogP contribution in [-0.4, -0.2) is 29.1 Å². The summed E-state index contributed by atoms with van der Waals surface area (Å²) in [4.78, 5) is 14.6. The Morgan fingerprint density at radius 1 is 1.27 bits per heavy atom. The van der Waals surface area contributed by atoms with Crippen LogP contribution in [0.2, 0.25) is 0 Å². The van der Waals surface area contributed by atoms with Gasteiger partial charge in [-0.1, -0.05) is 17.3 Å². The van der Waals surface area contributed by atoms with Gasteiger partial charge in [-0.3, -0.25) is 9.69 Å². The fraction of sp³-hybridized carbons (Fsp3) is 0.412. The predicted octanol–water partition coefficient (Wildman–Crippen LogP) is 3.14. The molecule has 5 heteroatoms. The number of amides is 1. The molecule has 5 nitrogen and oxygen atoms in total. The molecule has 1 aliphatic heterocycles.